The fourth-order valence-corrected chi connectivity index (χ4v) is 2.38. The first-order chi connectivity index (χ1) is 11.2. The lowest BCUT2D eigenvalue weighted by Gasteiger charge is -2.01. The third-order valence-electron chi connectivity index (χ3n) is 3.34. The van der Waals surface area contributed by atoms with Gasteiger partial charge in [0.1, 0.15) is 5.69 Å². The number of carbonyl (C=O) groups excluding carboxylic acids is 1. The van der Waals surface area contributed by atoms with E-state index < -0.39 is 0 Å². The average molecular weight is 328 g/mol. The number of rotatable bonds is 4. The fraction of sp³-hybridized carbons (Fsp3) is 0.0588. The van der Waals surface area contributed by atoms with E-state index in [-0.39, 0.29) is 5.91 Å². The number of H-pyrrole nitrogens is 1. The molecule has 0 saturated carbocycles. The molecule has 1 heterocycles. The monoisotopic (exact) mass is 327 g/mol. The smallest absolute Gasteiger partial charge is 0.291 e. The Balaban J connectivity index is 1.79. The largest absolute Gasteiger partial charge is 0.494 e. The van der Waals surface area contributed by atoms with E-state index in [2.05, 4.69) is 15.5 Å². The van der Waals surface area contributed by atoms with E-state index in [0.717, 1.165) is 16.5 Å². The first-order valence-corrected chi connectivity index (χ1v) is 7.30. The van der Waals surface area contributed by atoms with E-state index in [1.165, 1.54) is 7.11 Å². The second-order valence-electron chi connectivity index (χ2n) is 4.83. The standard InChI is InChI=1S/C17H14ClN3O2/c1-23-16-13-4-2-3-5-14(13)20-15(16)17(22)21-19-10-11-6-8-12(18)9-7-11/h2-10,20H,1H3,(H,21,22)/b19-10+. The van der Waals surface area contributed by atoms with Gasteiger partial charge in [-0.2, -0.15) is 5.10 Å². The molecule has 2 aromatic carbocycles. The molecule has 1 amide bonds. The zero-order valence-corrected chi connectivity index (χ0v) is 13.1. The molecule has 0 unspecified atom stereocenters. The molecule has 5 nitrogen and oxygen atoms in total. The molecule has 6 heteroatoms. The van der Waals surface area contributed by atoms with Crippen molar-refractivity contribution in [3.63, 3.8) is 0 Å². The molecule has 3 rings (SSSR count). The Hall–Kier alpha value is -2.79. The molecular formula is C17H14ClN3O2. The van der Waals surface area contributed by atoms with Gasteiger partial charge in [-0.25, -0.2) is 5.43 Å². The molecule has 0 aliphatic carbocycles. The molecule has 1 aromatic heterocycles. The molecule has 0 fully saturated rings. The van der Waals surface area contributed by atoms with Crippen molar-refractivity contribution in [1.29, 1.82) is 0 Å². The van der Waals surface area contributed by atoms with Crippen molar-refractivity contribution in [3.8, 4) is 5.75 Å². The van der Waals surface area contributed by atoms with Gasteiger partial charge < -0.3 is 9.72 Å². The van der Waals surface area contributed by atoms with Crippen molar-refractivity contribution >= 4 is 34.6 Å². The van der Waals surface area contributed by atoms with Crippen molar-refractivity contribution in [2.45, 2.75) is 0 Å². The summed E-state index contributed by atoms with van der Waals surface area (Å²) in [5.74, 6) is 0.128. The summed E-state index contributed by atoms with van der Waals surface area (Å²) in [6, 6.07) is 14.7. The minimum absolute atomic E-state index is 0.335. The van der Waals surface area contributed by atoms with Crippen LogP contribution in [-0.4, -0.2) is 24.2 Å². The topological polar surface area (TPSA) is 66.5 Å². The number of para-hydroxylation sites is 1. The molecule has 0 aliphatic rings. The number of halogens is 1. The summed E-state index contributed by atoms with van der Waals surface area (Å²) in [6.45, 7) is 0. The van der Waals surface area contributed by atoms with E-state index in [1.807, 2.05) is 36.4 Å². The van der Waals surface area contributed by atoms with E-state index in [1.54, 1.807) is 18.3 Å². The third-order valence-corrected chi connectivity index (χ3v) is 3.59. The van der Waals surface area contributed by atoms with Gasteiger partial charge in [-0.1, -0.05) is 35.9 Å². The number of nitrogens with one attached hydrogen (secondary N) is 2. The van der Waals surface area contributed by atoms with Gasteiger partial charge in [-0.15, -0.1) is 0 Å². The molecule has 2 N–H and O–H groups in total. The van der Waals surface area contributed by atoms with Crippen LogP contribution in [0.15, 0.2) is 53.6 Å². The normalized spacial score (nSPS) is 11.0. The predicted octanol–water partition coefficient (Wildman–Crippen LogP) is 3.59. The zero-order chi connectivity index (χ0) is 16.2. The number of hydrogen-bond acceptors (Lipinski definition) is 3. The highest BCUT2D eigenvalue weighted by atomic mass is 35.5. The molecule has 3 aromatic rings. The van der Waals surface area contributed by atoms with Crippen LogP contribution in [0.5, 0.6) is 5.75 Å². The Morgan fingerprint density at radius 2 is 1.96 bits per heavy atom. The van der Waals surface area contributed by atoms with Crippen LogP contribution in [0.1, 0.15) is 16.1 Å². The average Bonchev–Trinajstić information content (AvgIpc) is 2.95. The van der Waals surface area contributed by atoms with E-state index >= 15 is 0 Å². The fourth-order valence-electron chi connectivity index (χ4n) is 2.26. The molecule has 0 saturated heterocycles. The summed E-state index contributed by atoms with van der Waals surface area (Å²) in [4.78, 5) is 15.3. The summed E-state index contributed by atoms with van der Waals surface area (Å²) < 4.78 is 5.34. The van der Waals surface area contributed by atoms with Crippen molar-refractivity contribution in [2.75, 3.05) is 7.11 Å². The van der Waals surface area contributed by atoms with Crippen LogP contribution in [-0.2, 0) is 0 Å². The number of hydrazone groups is 1. The Bertz CT molecular complexity index is 869. The number of nitrogens with zero attached hydrogens (tertiary/aromatic N) is 1. The molecule has 0 spiro atoms. The lowest BCUT2D eigenvalue weighted by molar-refractivity contribution is 0.0948. The SMILES string of the molecule is COc1c(C(=O)N/N=C/c2ccc(Cl)cc2)[nH]c2ccccc12. The van der Waals surface area contributed by atoms with Gasteiger partial charge in [-0.05, 0) is 29.8 Å². The van der Waals surface area contributed by atoms with Crippen LogP contribution >= 0.6 is 11.6 Å². The summed E-state index contributed by atoms with van der Waals surface area (Å²) in [5.41, 5.74) is 4.48. The number of aromatic amines is 1. The van der Waals surface area contributed by atoms with Gasteiger partial charge in [0.05, 0.1) is 13.3 Å². The second kappa shape index (κ2) is 6.54. The number of ether oxygens (including phenoxy) is 1. The van der Waals surface area contributed by atoms with Gasteiger partial charge in [0, 0.05) is 15.9 Å². The summed E-state index contributed by atoms with van der Waals surface area (Å²) >= 11 is 5.82. The Labute approximate surface area is 137 Å². The van der Waals surface area contributed by atoms with Gasteiger partial charge in [-0.3, -0.25) is 4.79 Å². The molecule has 23 heavy (non-hydrogen) atoms. The highest BCUT2D eigenvalue weighted by Crippen LogP contribution is 2.29. The molecular weight excluding hydrogens is 314 g/mol. The van der Waals surface area contributed by atoms with Gasteiger partial charge in [0.2, 0.25) is 0 Å². The van der Waals surface area contributed by atoms with Crippen molar-refractivity contribution < 1.29 is 9.53 Å². The number of methoxy groups -OCH3 is 1. The Kier molecular flexibility index (Phi) is 4.30. The van der Waals surface area contributed by atoms with Crippen LogP contribution in [0.3, 0.4) is 0 Å². The summed E-state index contributed by atoms with van der Waals surface area (Å²) in [6.07, 6.45) is 1.54. The first-order valence-electron chi connectivity index (χ1n) is 6.92. The third kappa shape index (κ3) is 3.19. The Morgan fingerprint density at radius 3 is 2.70 bits per heavy atom. The van der Waals surface area contributed by atoms with Crippen molar-refractivity contribution in [2.24, 2.45) is 5.10 Å². The maximum Gasteiger partial charge on any atom is 0.291 e. The quantitative estimate of drug-likeness (QED) is 0.568. The van der Waals surface area contributed by atoms with E-state index in [0.29, 0.717) is 16.5 Å². The highest BCUT2D eigenvalue weighted by molar-refractivity contribution is 6.30. The summed E-state index contributed by atoms with van der Waals surface area (Å²) in [7, 11) is 1.53. The molecule has 116 valence electrons. The van der Waals surface area contributed by atoms with Crippen LogP contribution in [0.2, 0.25) is 5.02 Å². The zero-order valence-electron chi connectivity index (χ0n) is 12.3. The maximum atomic E-state index is 12.3. The number of aromatic nitrogens is 1. The molecule has 0 radical (unpaired) electrons. The minimum Gasteiger partial charge on any atom is -0.494 e. The lowest BCUT2D eigenvalue weighted by atomic mass is 10.2. The number of fused-ring (bicyclic) bond motifs is 1. The van der Waals surface area contributed by atoms with E-state index in [9.17, 15) is 4.79 Å². The van der Waals surface area contributed by atoms with Gasteiger partial charge in [0.15, 0.2) is 5.75 Å². The minimum atomic E-state index is -0.372. The second-order valence-corrected chi connectivity index (χ2v) is 5.27. The highest BCUT2D eigenvalue weighted by Gasteiger charge is 2.17. The van der Waals surface area contributed by atoms with Crippen LogP contribution < -0.4 is 10.2 Å². The van der Waals surface area contributed by atoms with Gasteiger partial charge >= 0.3 is 0 Å². The maximum absolute atomic E-state index is 12.3. The van der Waals surface area contributed by atoms with Crippen molar-refractivity contribution in [1.82, 2.24) is 10.4 Å². The molecule has 0 aliphatic heterocycles. The first kappa shape index (κ1) is 15.1. The van der Waals surface area contributed by atoms with Crippen LogP contribution in [0.25, 0.3) is 10.9 Å². The van der Waals surface area contributed by atoms with Crippen molar-refractivity contribution in [3.05, 3.63) is 64.8 Å². The van der Waals surface area contributed by atoms with Crippen LogP contribution in [0, 0.1) is 0 Å². The predicted molar refractivity (Wildman–Crippen MR) is 91.4 cm³/mol. The number of carbonyl (C=O) groups is 1. The number of amides is 1. The Morgan fingerprint density at radius 1 is 1.22 bits per heavy atom. The van der Waals surface area contributed by atoms with Gasteiger partial charge in [0.25, 0.3) is 5.91 Å². The van der Waals surface area contributed by atoms with E-state index in [4.69, 9.17) is 16.3 Å². The number of hydrogen-bond donors (Lipinski definition) is 2. The van der Waals surface area contributed by atoms with Crippen LogP contribution in [0.4, 0.5) is 0 Å². The lowest BCUT2D eigenvalue weighted by Crippen LogP contribution is -2.18. The summed E-state index contributed by atoms with van der Waals surface area (Å²) in [5, 5.41) is 5.45. The molecule has 0 atom stereocenters. The number of benzene rings is 2. The molecule has 0 bridgehead atoms.